The van der Waals surface area contributed by atoms with E-state index in [1.807, 2.05) is 18.2 Å². The van der Waals surface area contributed by atoms with E-state index < -0.39 is 5.82 Å². The third-order valence-electron chi connectivity index (χ3n) is 4.97. The number of carbonyl (C=O) groups excluding carboxylic acids is 1. The predicted octanol–water partition coefficient (Wildman–Crippen LogP) is 5.07. The van der Waals surface area contributed by atoms with Crippen LogP contribution in [-0.4, -0.2) is 26.9 Å². The molecule has 28 heavy (non-hydrogen) atoms. The Morgan fingerprint density at radius 2 is 2.14 bits per heavy atom. The lowest BCUT2D eigenvalue weighted by Crippen LogP contribution is -2.32. The SMILES string of the molecule is C=CCN(Cc1nc2ccc(Cl)cc2n1CC1CC1)C(=O)c1cccc(F)c1. The molecule has 0 N–H and O–H groups in total. The Morgan fingerprint density at radius 3 is 2.86 bits per heavy atom. The van der Waals surface area contributed by atoms with Crippen LogP contribution >= 0.6 is 11.6 Å². The fourth-order valence-electron chi connectivity index (χ4n) is 3.38. The number of aromatic nitrogens is 2. The number of nitrogens with zero attached hydrogens (tertiary/aromatic N) is 3. The fourth-order valence-corrected chi connectivity index (χ4v) is 3.55. The molecule has 144 valence electrons. The van der Waals surface area contributed by atoms with Crippen molar-refractivity contribution in [3.8, 4) is 0 Å². The molecule has 0 unspecified atom stereocenters. The first kappa shape index (κ1) is 18.7. The Balaban J connectivity index is 1.69. The van der Waals surface area contributed by atoms with Gasteiger partial charge in [-0.1, -0.05) is 23.7 Å². The van der Waals surface area contributed by atoms with E-state index in [1.54, 1.807) is 23.1 Å². The molecular weight excluding hydrogens is 377 g/mol. The van der Waals surface area contributed by atoms with Crippen LogP contribution in [0.4, 0.5) is 4.39 Å². The summed E-state index contributed by atoms with van der Waals surface area (Å²) in [6.45, 7) is 5.29. The van der Waals surface area contributed by atoms with Crippen molar-refractivity contribution in [1.82, 2.24) is 14.5 Å². The first-order valence-electron chi connectivity index (χ1n) is 9.35. The van der Waals surface area contributed by atoms with E-state index in [-0.39, 0.29) is 5.91 Å². The molecule has 1 aliphatic rings. The first-order chi connectivity index (χ1) is 13.5. The molecule has 4 nitrogen and oxygen atoms in total. The molecule has 6 heteroatoms. The molecule has 0 radical (unpaired) electrons. The van der Waals surface area contributed by atoms with Crippen LogP contribution in [0.15, 0.2) is 55.1 Å². The predicted molar refractivity (Wildman–Crippen MR) is 109 cm³/mol. The summed E-state index contributed by atoms with van der Waals surface area (Å²) in [6.07, 6.45) is 4.08. The van der Waals surface area contributed by atoms with E-state index >= 15 is 0 Å². The van der Waals surface area contributed by atoms with Crippen LogP contribution in [0, 0.1) is 11.7 Å². The van der Waals surface area contributed by atoms with Crippen molar-refractivity contribution in [3.63, 3.8) is 0 Å². The Hall–Kier alpha value is -2.66. The lowest BCUT2D eigenvalue weighted by molar-refractivity contribution is 0.0756. The van der Waals surface area contributed by atoms with Gasteiger partial charge in [0.1, 0.15) is 11.6 Å². The van der Waals surface area contributed by atoms with Crippen molar-refractivity contribution in [3.05, 3.63) is 77.3 Å². The normalized spacial score (nSPS) is 13.6. The molecule has 0 saturated heterocycles. The summed E-state index contributed by atoms with van der Waals surface area (Å²) < 4.78 is 15.7. The number of hydrogen-bond acceptors (Lipinski definition) is 2. The van der Waals surface area contributed by atoms with Crippen molar-refractivity contribution >= 4 is 28.5 Å². The minimum absolute atomic E-state index is 0.248. The highest BCUT2D eigenvalue weighted by Gasteiger charge is 2.26. The van der Waals surface area contributed by atoms with E-state index in [4.69, 9.17) is 16.6 Å². The fraction of sp³-hybridized carbons (Fsp3) is 0.273. The van der Waals surface area contributed by atoms with Crippen LogP contribution < -0.4 is 0 Å². The molecule has 1 fully saturated rings. The van der Waals surface area contributed by atoms with Gasteiger partial charge in [-0.15, -0.1) is 6.58 Å². The lowest BCUT2D eigenvalue weighted by Gasteiger charge is -2.21. The van der Waals surface area contributed by atoms with Crippen molar-refractivity contribution in [2.75, 3.05) is 6.54 Å². The number of halogens is 2. The number of fused-ring (bicyclic) bond motifs is 1. The van der Waals surface area contributed by atoms with Gasteiger partial charge >= 0.3 is 0 Å². The lowest BCUT2D eigenvalue weighted by atomic mass is 10.2. The number of benzene rings is 2. The zero-order chi connectivity index (χ0) is 19.7. The second-order valence-corrected chi connectivity index (χ2v) is 7.64. The van der Waals surface area contributed by atoms with Crippen LogP contribution in [0.5, 0.6) is 0 Å². The second-order valence-electron chi connectivity index (χ2n) is 7.20. The minimum Gasteiger partial charge on any atom is -0.327 e. The summed E-state index contributed by atoms with van der Waals surface area (Å²) in [6, 6.07) is 11.4. The first-order valence-corrected chi connectivity index (χ1v) is 9.73. The number of imidazole rings is 1. The van der Waals surface area contributed by atoms with Gasteiger partial charge in [-0.25, -0.2) is 9.37 Å². The molecule has 1 amide bonds. The smallest absolute Gasteiger partial charge is 0.254 e. The maximum absolute atomic E-state index is 13.6. The van der Waals surface area contributed by atoms with Gasteiger partial charge in [-0.05, 0) is 55.2 Å². The highest BCUT2D eigenvalue weighted by Crippen LogP contribution is 2.33. The number of rotatable bonds is 7. The summed E-state index contributed by atoms with van der Waals surface area (Å²) in [7, 11) is 0. The van der Waals surface area contributed by atoms with Gasteiger partial charge in [0.05, 0.1) is 17.6 Å². The molecule has 3 aromatic rings. The minimum atomic E-state index is -0.431. The Morgan fingerprint density at radius 1 is 1.32 bits per heavy atom. The van der Waals surface area contributed by atoms with Crippen LogP contribution in [0.25, 0.3) is 11.0 Å². The molecule has 1 heterocycles. The second kappa shape index (κ2) is 7.76. The average Bonchev–Trinajstić information content (AvgIpc) is 3.44. The zero-order valence-corrected chi connectivity index (χ0v) is 16.2. The van der Waals surface area contributed by atoms with Gasteiger partial charge in [0.25, 0.3) is 5.91 Å². The quantitative estimate of drug-likeness (QED) is 0.522. The van der Waals surface area contributed by atoms with Crippen molar-refractivity contribution in [2.45, 2.75) is 25.9 Å². The van der Waals surface area contributed by atoms with Gasteiger partial charge in [-0.2, -0.15) is 0 Å². The van der Waals surface area contributed by atoms with Gasteiger partial charge in [0.15, 0.2) is 0 Å². The van der Waals surface area contributed by atoms with Crippen LogP contribution in [0.2, 0.25) is 5.02 Å². The Bertz CT molecular complexity index is 1040. The number of amides is 1. The van der Waals surface area contributed by atoms with Crippen LogP contribution in [0.3, 0.4) is 0 Å². The summed E-state index contributed by atoms with van der Waals surface area (Å²) in [4.78, 5) is 19.3. The van der Waals surface area contributed by atoms with Crippen molar-refractivity contribution in [1.29, 1.82) is 0 Å². The van der Waals surface area contributed by atoms with E-state index in [0.29, 0.717) is 29.6 Å². The van der Waals surface area contributed by atoms with Crippen molar-refractivity contribution in [2.24, 2.45) is 5.92 Å². The van der Waals surface area contributed by atoms with E-state index in [2.05, 4.69) is 11.1 Å². The van der Waals surface area contributed by atoms with E-state index in [0.717, 1.165) is 23.4 Å². The summed E-state index contributed by atoms with van der Waals surface area (Å²) in [5.74, 6) is 0.764. The molecule has 1 aliphatic carbocycles. The summed E-state index contributed by atoms with van der Waals surface area (Å²) >= 11 is 6.20. The zero-order valence-electron chi connectivity index (χ0n) is 15.4. The topological polar surface area (TPSA) is 38.1 Å². The summed E-state index contributed by atoms with van der Waals surface area (Å²) in [5.41, 5.74) is 2.15. The third-order valence-corrected chi connectivity index (χ3v) is 5.20. The molecular formula is C22H21ClFN3O. The Kier molecular flexibility index (Phi) is 5.18. The molecule has 0 atom stereocenters. The monoisotopic (exact) mass is 397 g/mol. The van der Waals surface area contributed by atoms with Gasteiger partial charge in [-0.3, -0.25) is 4.79 Å². The maximum Gasteiger partial charge on any atom is 0.254 e. The molecule has 2 aromatic carbocycles. The van der Waals surface area contributed by atoms with Crippen LogP contribution in [0.1, 0.15) is 29.0 Å². The highest BCUT2D eigenvalue weighted by atomic mass is 35.5. The number of carbonyl (C=O) groups is 1. The number of hydrogen-bond donors (Lipinski definition) is 0. The van der Waals surface area contributed by atoms with Gasteiger partial charge in [0.2, 0.25) is 0 Å². The third kappa shape index (κ3) is 3.94. The molecule has 1 aromatic heterocycles. The molecule has 0 bridgehead atoms. The average molecular weight is 398 g/mol. The standard InChI is InChI=1S/C22H21ClFN3O/c1-2-10-26(22(28)16-4-3-5-18(24)11-16)14-21-25-19-9-8-17(23)12-20(19)27(21)13-15-6-7-15/h2-5,8-9,11-12,15H,1,6-7,10,13-14H2. The highest BCUT2D eigenvalue weighted by molar-refractivity contribution is 6.31. The molecule has 0 aliphatic heterocycles. The summed E-state index contributed by atoms with van der Waals surface area (Å²) in [5, 5.41) is 0.662. The van der Waals surface area contributed by atoms with E-state index in [1.165, 1.54) is 25.0 Å². The van der Waals surface area contributed by atoms with Gasteiger partial charge < -0.3 is 9.47 Å². The van der Waals surface area contributed by atoms with Crippen LogP contribution in [-0.2, 0) is 13.1 Å². The Labute approximate surface area is 168 Å². The molecule has 0 spiro atoms. The largest absolute Gasteiger partial charge is 0.327 e. The molecule has 4 rings (SSSR count). The molecule has 1 saturated carbocycles. The van der Waals surface area contributed by atoms with Gasteiger partial charge in [0, 0.05) is 23.7 Å². The van der Waals surface area contributed by atoms with Crippen molar-refractivity contribution < 1.29 is 9.18 Å². The maximum atomic E-state index is 13.6. The van der Waals surface area contributed by atoms with E-state index in [9.17, 15) is 9.18 Å².